The van der Waals surface area contributed by atoms with Crippen LogP contribution in [0.5, 0.6) is 0 Å². The number of hydrogen-bond acceptors (Lipinski definition) is 4. The zero-order chi connectivity index (χ0) is 22.0. The normalized spacial score (nSPS) is 11.0. The van der Waals surface area contributed by atoms with Gasteiger partial charge in [0.05, 0.1) is 6.33 Å². The standard InChI is InChI=1S/C23H23N5O3/c1-25-21-20(22(30)26(2)23(25)31)28(16-24-21)15-19(29)27(13-17-9-5-3-6-10-17)14-18-11-7-4-8-12-18/h3-12,16H,13-15H2,1-2H3. The highest BCUT2D eigenvalue weighted by Crippen LogP contribution is 2.13. The summed E-state index contributed by atoms with van der Waals surface area (Å²) in [6.07, 6.45) is 1.44. The Kier molecular flexibility index (Phi) is 5.53. The molecule has 8 heteroatoms. The summed E-state index contributed by atoms with van der Waals surface area (Å²) in [6.45, 7) is 0.832. The predicted octanol–water partition coefficient (Wildman–Crippen LogP) is 1.66. The van der Waals surface area contributed by atoms with Gasteiger partial charge in [-0.1, -0.05) is 60.7 Å². The molecule has 158 valence electrons. The van der Waals surface area contributed by atoms with Crippen molar-refractivity contribution in [3.8, 4) is 0 Å². The van der Waals surface area contributed by atoms with E-state index in [1.165, 1.54) is 22.5 Å². The summed E-state index contributed by atoms with van der Waals surface area (Å²) in [6, 6.07) is 19.5. The van der Waals surface area contributed by atoms with Crippen LogP contribution in [-0.4, -0.2) is 29.5 Å². The van der Waals surface area contributed by atoms with Crippen molar-refractivity contribution in [2.24, 2.45) is 14.1 Å². The minimum Gasteiger partial charge on any atom is -0.332 e. The molecule has 1 amide bonds. The molecule has 0 spiro atoms. The maximum absolute atomic E-state index is 13.3. The first-order valence-electron chi connectivity index (χ1n) is 9.92. The molecule has 0 aliphatic heterocycles. The molecule has 0 fully saturated rings. The monoisotopic (exact) mass is 417 g/mol. The Labute approximate surface area is 178 Å². The van der Waals surface area contributed by atoms with Crippen molar-refractivity contribution in [1.82, 2.24) is 23.6 Å². The molecule has 0 bridgehead atoms. The second-order valence-electron chi connectivity index (χ2n) is 7.47. The first-order valence-corrected chi connectivity index (χ1v) is 9.92. The molecule has 0 N–H and O–H groups in total. The van der Waals surface area contributed by atoms with Gasteiger partial charge < -0.3 is 9.47 Å². The van der Waals surface area contributed by atoms with Gasteiger partial charge in [0.25, 0.3) is 5.56 Å². The molecule has 31 heavy (non-hydrogen) atoms. The van der Waals surface area contributed by atoms with Gasteiger partial charge >= 0.3 is 5.69 Å². The van der Waals surface area contributed by atoms with Crippen LogP contribution in [0.4, 0.5) is 0 Å². The van der Waals surface area contributed by atoms with E-state index in [2.05, 4.69) is 4.98 Å². The Morgan fingerprint density at radius 1 is 0.871 bits per heavy atom. The Morgan fingerprint density at radius 2 is 1.42 bits per heavy atom. The van der Waals surface area contributed by atoms with E-state index in [-0.39, 0.29) is 23.6 Å². The summed E-state index contributed by atoms with van der Waals surface area (Å²) in [4.78, 5) is 44.1. The molecule has 4 aromatic rings. The molecule has 2 heterocycles. The van der Waals surface area contributed by atoms with E-state index in [0.717, 1.165) is 15.7 Å². The fourth-order valence-electron chi connectivity index (χ4n) is 3.60. The van der Waals surface area contributed by atoms with E-state index in [4.69, 9.17) is 0 Å². The number of imidazole rings is 1. The molecule has 0 aliphatic carbocycles. The third kappa shape index (κ3) is 4.05. The SMILES string of the molecule is Cn1c(=O)c2c(ncn2CC(=O)N(Cc2ccccc2)Cc2ccccc2)n(C)c1=O. The van der Waals surface area contributed by atoms with E-state index < -0.39 is 11.2 Å². The summed E-state index contributed by atoms with van der Waals surface area (Å²) in [5.41, 5.74) is 1.60. The molecule has 0 unspecified atom stereocenters. The highest BCUT2D eigenvalue weighted by atomic mass is 16.2. The topological polar surface area (TPSA) is 82.1 Å². The quantitative estimate of drug-likeness (QED) is 0.478. The van der Waals surface area contributed by atoms with Crippen LogP contribution in [0.15, 0.2) is 76.6 Å². The number of carbonyl (C=O) groups excluding carboxylic acids is 1. The van der Waals surface area contributed by atoms with E-state index in [1.807, 2.05) is 60.7 Å². The Balaban J connectivity index is 1.67. The molecule has 0 atom stereocenters. The smallest absolute Gasteiger partial charge is 0.332 e. The van der Waals surface area contributed by atoms with Crippen molar-refractivity contribution in [3.05, 3.63) is 99.0 Å². The van der Waals surface area contributed by atoms with Crippen LogP contribution >= 0.6 is 0 Å². The molecule has 0 radical (unpaired) electrons. The molecule has 0 aliphatic rings. The number of benzene rings is 2. The largest absolute Gasteiger partial charge is 0.332 e. The molecule has 2 aromatic carbocycles. The maximum atomic E-state index is 13.3. The number of nitrogens with zero attached hydrogens (tertiary/aromatic N) is 5. The molecule has 0 saturated heterocycles. The Morgan fingerprint density at radius 3 is 1.97 bits per heavy atom. The number of fused-ring (bicyclic) bond motifs is 1. The zero-order valence-corrected chi connectivity index (χ0v) is 17.4. The molecular weight excluding hydrogens is 394 g/mol. The molecule has 2 aromatic heterocycles. The van der Waals surface area contributed by atoms with Gasteiger partial charge in [0, 0.05) is 27.2 Å². The van der Waals surface area contributed by atoms with Gasteiger partial charge in [0.2, 0.25) is 5.91 Å². The van der Waals surface area contributed by atoms with Crippen molar-refractivity contribution in [2.45, 2.75) is 19.6 Å². The van der Waals surface area contributed by atoms with E-state index >= 15 is 0 Å². The zero-order valence-electron chi connectivity index (χ0n) is 17.4. The van der Waals surface area contributed by atoms with Crippen molar-refractivity contribution in [1.29, 1.82) is 0 Å². The number of amides is 1. The molecule has 0 saturated carbocycles. The van der Waals surface area contributed by atoms with Gasteiger partial charge in [0.15, 0.2) is 11.2 Å². The van der Waals surface area contributed by atoms with Crippen LogP contribution in [0, 0.1) is 0 Å². The van der Waals surface area contributed by atoms with Crippen molar-refractivity contribution < 1.29 is 4.79 Å². The van der Waals surface area contributed by atoms with E-state index in [1.54, 1.807) is 11.9 Å². The molecule has 8 nitrogen and oxygen atoms in total. The van der Waals surface area contributed by atoms with Crippen LogP contribution in [0.3, 0.4) is 0 Å². The fourth-order valence-corrected chi connectivity index (χ4v) is 3.60. The van der Waals surface area contributed by atoms with Crippen LogP contribution < -0.4 is 11.2 Å². The Hall–Kier alpha value is -3.94. The average Bonchev–Trinajstić information content (AvgIpc) is 3.21. The second-order valence-corrected chi connectivity index (χ2v) is 7.47. The van der Waals surface area contributed by atoms with Crippen LogP contribution in [-0.2, 0) is 38.5 Å². The second kappa shape index (κ2) is 8.43. The molecular formula is C23H23N5O3. The van der Waals surface area contributed by atoms with Gasteiger partial charge in [-0.3, -0.25) is 18.7 Å². The molecule has 4 rings (SSSR count). The first-order chi connectivity index (χ1) is 15.0. The summed E-state index contributed by atoms with van der Waals surface area (Å²) in [5, 5.41) is 0. The van der Waals surface area contributed by atoms with Gasteiger partial charge in [-0.25, -0.2) is 9.78 Å². The van der Waals surface area contributed by atoms with Gasteiger partial charge in [-0.15, -0.1) is 0 Å². The van der Waals surface area contributed by atoms with E-state index in [0.29, 0.717) is 13.1 Å². The lowest BCUT2D eigenvalue weighted by Crippen LogP contribution is -2.38. The van der Waals surface area contributed by atoms with Crippen molar-refractivity contribution in [2.75, 3.05) is 0 Å². The minimum absolute atomic E-state index is 0.0520. The first kappa shape index (κ1) is 20.3. The van der Waals surface area contributed by atoms with Crippen molar-refractivity contribution >= 4 is 17.1 Å². The third-order valence-electron chi connectivity index (χ3n) is 5.31. The Bertz CT molecular complexity index is 1300. The predicted molar refractivity (Wildman–Crippen MR) is 117 cm³/mol. The third-order valence-corrected chi connectivity index (χ3v) is 5.31. The van der Waals surface area contributed by atoms with Crippen molar-refractivity contribution in [3.63, 3.8) is 0 Å². The highest BCUT2D eigenvalue weighted by molar-refractivity contribution is 5.79. The summed E-state index contributed by atoms with van der Waals surface area (Å²) >= 11 is 0. The highest BCUT2D eigenvalue weighted by Gasteiger charge is 2.19. The summed E-state index contributed by atoms with van der Waals surface area (Å²) in [5.74, 6) is -0.150. The number of rotatable bonds is 6. The summed E-state index contributed by atoms with van der Waals surface area (Å²) < 4.78 is 3.85. The van der Waals surface area contributed by atoms with Crippen LogP contribution in [0.2, 0.25) is 0 Å². The lowest BCUT2D eigenvalue weighted by atomic mass is 10.1. The maximum Gasteiger partial charge on any atom is 0.332 e. The number of aromatic nitrogens is 4. The average molecular weight is 417 g/mol. The number of carbonyl (C=O) groups is 1. The van der Waals surface area contributed by atoms with Gasteiger partial charge in [-0.2, -0.15) is 0 Å². The summed E-state index contributed by atoms with van der Waals surface area (Å²) in [7, 11) is 2.97. The fraction of sp³-hybridized carbons (Fsp3) is 0.217. The lowest BCUT2D eigenvalue weighted by molar-refractivity contribution is -0.133. The van der Waals surface area contributed by atoms with Crippen LogP contribution in [0.1, 0.15) is 11.1 Å². The van der Waals surface area contributed by atoms with Gasteiger partial charge in [-0.05, 0) is 11.1 Å². The number of aryl methyl sites for hydroxylation is 1. The number of hydrogen-bond donors (Lipinski definition) is 0. The van der Waals surface area contributed by atoms with Gasteiger partial charge in [0.1, 0.15) is 6.54 Å². The van der Waals surface area contributed by atoms with E-state index in [9.17, 15) is 14.4 Å². The lowest BCUT2D eigenvalue weighted by Gasteiger charge is -2.23. The minimum atomic E-state index is -0.471. The van der Waals surface area contributed by atoms with Crippen LogP contribution in [0.25, 0.3) is 11.2 Å².